The van der Waals surface area contributed by atoms with Gasteiger partial charge < -0.3 is 4.74 Å². The van der Waals surface area contributed by atoms with Gasteiger partial charge in [-0.15, -0.1) is 0 Å². The molecular formula is C15H28O. The summed E-state index contributed by atoms with van der Waals surface area (Å²) in [6.45, 7) is 11.1. The molecule has 0 N–H and O–H groups in total. The van der Waals surface area contributed by atoms with Crippen LogP contribution in [-0.4, -0.2) is 13.2 Å². The quantitative estimate of drug-likeness (QED) is 0.574. The van der Waals surface area contributed by atoms with Crippen molar-refractivity contribution in [3.8, 4) is 0 Å². The Labute approximate surface area is 102 Å². The first-order valence-corrected chi connectivity index (χ1v) is 6.38. The average Bonchev–Trinajstić information content (AvgIpc) is 2.25. The van der Waals surface area contributed by atoms with Gasteiger partial charge in [0.15, 0.2) is 0 Å². The Morgan fingerprint density at radius 3 is 2.31 bits per heavy atom. The molecule has 2 atom stereocenters. The maximum atomic E-state index is 5.59. The third-order valence-electron chi connectivity index (χ3n) is 3.22. The van der Waals surface area contributed by atoms with Crippen LogP contribution in [0.25, 0.3) is 0 Å². The summed E-state index contributed by atoms with van der Waals surface area (Å²) in [7, 11) is 1.82. The highest BCUT2D eigenvalue weighted by Gasteiger charge is 2.19. The lowest BCUT2D eigenvalue weighted by Gasteiger charge is -2.26. The predicted octanol–water partition coefficient (Wildman–Crippen LogP) is 4.60. The minimum Gasteiger partial charge on any atom is -0.381 e. The molecule has 0 aliphatic rings. The van der Waals surface area contributed by atoms with Gasteiger partial charge in [0.1, 0.15) is 0 Å². The molecule has 0 saturated heterocycles. The summed E-state index contributed by atoms with van der Waals surface area (Å²) in [5.74, 6) is 1.27. The van der Waals surface area contributed by atoms with Crippen molar-refractivity contribution in [1.29, 1.82) is 0 Å². The van der Waals surface area contributed by atoms with Crippen LogP contribution in [0.3, 0.4) is 0 Å². The van der Waals surface area contributed by atoms with Crippen molar-refractivity contribution in [2.45, 2.75) is 53.6 Å². The minimum absolute atomic E-state index is 0.339. The smallest absolute Gasteiger partial charge is 0.0636 e. The van der Waals surface area contributed by atoms with E-state index in [9.17, 15) is 0 Å². The Kier molecular flexibility index (Phi) is 8.28. The Balaban J connectivity index is 4.31. The second-order valence-corrected chi connectivity index (χ2v) is 4.93. The van der Waals surface area contributed by atoms with E-state index in [0.29, 0.717) is 17.9 Å². The van der Waals surface area contributed by atoms with E-state index in [1.807, 2.05) is 7.11 Å². The lowest BCUT2D eigenvalue weighted by Crippen LogP contribution is -2.24. The summed E-state index contributed by atoms with van der Waals surface area (Å²) in [6.07, 6.45) is 8.98. The molecule has 0 aromatic heterocycles. The summed E-state index contributed by atoms with van der Waals surface area (Å²) in [6, 6.07) is 0. The predicted molar refractivity (Wildman–Crippen MR) is 72.6 cm³/mol. The molecule has 1 nitrogen and oxygen atoms in total. The number of hydrogen-bond acceptors (Lipinski definition) is 1. The SMILES string of the molecule is CC/C=C\C=C(/C)CC(OC)C(C)C(C)C. The van der Waals surface area contributed by atoms with Gasteiger partial charge >= 0.3 is 0 Å². The fourth-order valence-electron chi connectivity index (χ4n) is 1.67. The van der Waals surface area contributed by atoms with Gasteiger partial charge in [0.25, 0.3) is 0 Å². The Morgan fingerprint density at radius 2 is 1.88 bits per heavy atom. The third-order valence-corrected chi connectivity index (χ3v) is 3.22. The highest BCUT2D eigenvalue weighted by Crippen LogP contribution is 2.22. The molecule has 94 valence electrons. The van der Waals surface area contributed by atoms with Gasteiger partial charge in [-0.2, -0.15) is 0 Å². The molecule has 0 aliphatic carbocycles. The monoisotopic (exact) mass is 224 g/mol. The minimum atomic E-state index is 0.339. The first kappa shape index (κ1) is 15.4. The van der Waals surface area contributed by atoms with E-state index in [0.717, 1.165) is 12.8 Å². The van der Waals surface area contributed by atoms with E-state index < -0.39 is 0 Å². The van der Waals surface area contributed by atoms with Crippen LogP contribution in [0.2, 0.25) is 0 Å². The first-order valence-electron chi connectivity index (χ1n) is 6.38. The van der Waals surface area contributed by atoms with Crippen LogP contribution in [0.15, 0.2) is 23.8 Å². The maximum absolute atomic E-state index is 5.59. The zero-order valence-corrected chi connectivity index (χ0v) is 11.8. The standard InChI is InChI=1S/C15H28O/c1-7-8-9-10-13(4)11-15(16-6)14(5)12(2)3/h8-10,12,14-15H,7,11H2,1-6H3/b9-8-,13-10+. The number of hydrogen-bond donors (Lipinski definition) is 0. The van der Waals surface area contributed by atoms with E-state index in [1.54, 1.807) is 0 Å². The summed E-state index contributed by atoms with van der Waals surface area (Å²) >= 11 is 0. The molecule has 0 aromatic rings. The van der Waals surface area contributed by atoms with Crippen molar-refractivity contribution in [3.63, 3.8) is 0 Å². The summed E-state index contributed by atoms with van der Waals surface area (Å²) in [5.41, 5.74) is 1.39. The summed E-state index contributed by atoms with van der Waals surface area (Å²) < 4.78 is 5.59. The van der Waals surface area contributed by atoms with Crippen molar-refractivity contribution in [1.82, 2.24) is 0 Å². The molecule has 16 heavy (non-hydrogen) atoms. The number of methoxy groups -OCH3 is 1. The Bertz CT molecular complexity index is 226. The zero-order chi connectivity index (χ0) is 12.6. The van der Waals surface area contributed by atoms with E-state index >= 15 is 0 Å². The lowest BCUT2D eigenvalue weighted by molar-refractivity contribution is 0.0415. The lowest BCUT2D eigenvalue weighted by atomic mass is 9.88. The molecule has 0 saturated carbocycles. The van der Waals surface area contributed by atoms with Gasteiger partial charge in [-0.25, -0.2) is 0 Å². The summed E-state index contributed by atoms with van der Waals surface area (Å²) in [5, 5.41) is 0. The summed E-state index contributed by atoms with van der Waals surface area (Å²) in [4.78, 5) is 0. The maximum Gasteiger partial charge on any atom is 0.0636 e. The zero-order valence-electron chi connectivity index (χ0n) is 11.8. The van der Waals surface area contributed by atoms with Crippen LogP contribution in [0.4, 0.5) is 0 Å². The van der Waals surface area contributed by atoms with Crippen molar-refractivity contribution in [3.05, 3.63) is 23.8 Å². The average molecular weight is 224 g/mol. The van der Waals surface area contributed by atoms with Crippen LogP contribution in [0, 0.1) is 11.8 Å². The molecule has 0 spiro atoms. The van der Waals surface area contributed by atoms with Crippen molar-refractivity contribution < 1.29 is 4.74 Å². The molecule has 0 aliphatic heterocycles. The molecule has 0 amide bonds. The molecule has 0 rings (SSSR count). The molecule has 0 radical (unpaired) electrons. The van der Waals surface area contributed by atoms with Crippen molar-refractivity contribution in [2.24, 2.45) is 11.8 Å². The largest absolute Gasteiger partial charge is 0.381 e. The van der Waals surface area contributed by atoms with Crippen molar-refractivity contribution >= 4 is 0 Å². The number of allylic oxidation sites excluding steroid dienone is 3. The Morgan fingerprint density at radius 1 is 1.25 bits per heavy atom. The molecule has 0 fully saturated rings. The highest BCUT2D eigenvalue weighted by atomic mass is 16.5. The number of ether oxygens (including phenoxy) is 1. The first-order chi connectivity index (χ1) is 7.52. The van der Waals surface area contributed by atoms with Crippen LogP contribution in [-0.2, 0) is 4.74 Å². The van der Waals surface area contributed by atoms with E-state index in [-0.39, 0.29) is 0 Å². The molecule has 2 unspecified atom stereocenters. The second kappa shape index (κ2) is 8.58. The second-order valence-electron chi connectivity index (χ2n) is 4.93. The fraction of sp³-hybridized carbons (Fsp3) is 0.733. The van der Waals surface area contributed by atoms with Crippen LogP contribution >= 0.6 is 0 Å². The molecule has 0 bridgehead atoms. The molecule has 0 aromatic carbocycles. The molecule has 0 heterocycles. The van der Waals surface area contributed by atoms with Gasteiger partial charge in [-0.05, 0) is 31.6 Å². The van der Waals surface area contributed by atoms with Gasteiger partial charge in [-0.3, -0.25) is 0 Å². The van der Waals surface area contributed by atoms with Gasteiger partial charge in [0.2, 0.25) is 0 Å². The van der Waals surface area contributed by atoms with Gasteiger partial charge in [0, 0.05) is 7.11 Å². The van der Waals surface area contributed by atoms with Crippen LogP contribution in [0.1, 0.15) is 47.5 Å². The van der Waals surface area contributed by atoms with Crippen molar-refractivity contribution in [2.75, 3.05) is 7.11 Å². The van der Waals surface area contributed by atoms with Crippen LogP contribution < -0.4 is 0 Å². The number of rotatable bonds is 7. The fourth-order valence-corrected chi connectivity index (χ4v) is 1.67. The van der Waals surface area contributed by atoms with E-state index in [1.165, 1.54) is 5.57 Å². The van der Waals surface area contributed by atoms with Gasteiger partial charge in [0.05, 0.1) is 6.10 Å². The molecular weight excluding hydrogens is 196 g/mol. The van der Waals surface area contributed by atoms with E-state index in [4.69, 9.17) is 4.74 Å². The topological polar surface area (TPSA) is 9.23 Å². The van der Waals surface area contributed by atoms with Crippen LogP contribution in [0.5, 0.6) is 0 Å². The Hall–Kier alpha value is -0.560. The normalized spacial score (nSPS) is 17.1. The van der Waals surface area contributed by atoms with E-state index in [2.05, 4.69) is 52.8 Å². The van der Waals surface area contributed by atoms with Gasteiger partial charge in [-0.1, -0.05) is 51.5 Å². The molecule has 1 heteroatoms. The third kappa shape index (κ3) is 6.12. The highest BCUT2D eigenvalue weighted by molar-refractivity contribution is 5.11.